The number of carbonyl (C=O) groups excluding carboxylic acids is 1. The standard InChI is InChI=1S/C15H21Cl2NO/c1-11(2)18(14(19)15(3,4)10-16)9-12-6-5-7-13(17)8-12/h5-8,11H,9-10H2,1-4H3. The molecule has 0 bridgehead atoms. The van der Waals surface area contributed by atoms with Crippen LogP contribution in [-0.4, -0.2) is 22.7 Å². The first-order chi connectivity index (χ1) is 8.77. The zero-order valence-corrected chi connectivity index (χ0v) is 13.4. The second-order valence-corrected chi connectivity index (χ2v) is 6.38. The van der Waals surface area contributed by atoms with E-state index in [9.17, 15) is 4.79 Å². The van der Waals surface area contributed by atoms with Crippen LogP contribution in [0.5, 0.6) is 0 Å². The maximum Gasteiger partial charge on any atom is 0.229 e. The lowest BCUT2D eigenvalue weighted by Crippen LogP contribution is -2.45. The highest BCUT2D eigenvalue weighted by Crippen LogP contribution is 2.24. The van der Waals surface area contributed by atoms with Gasteiger partial charge in [-0.2, -0.15) is 0 Å². The van der Waals surface area contributed by atoms with Gasteiger partial charge < -0.3 is 4.90 Å². The van der Waals surface area contributed by atoms with Crippen molar-refractivity contribution in [1.82, 2.24) is 4.90 Å². The van der Waals surface area contributed by atoms with Gasteiger partial charge in [0.15, 0.2) is 0 Å². The highest BCUT2D eigenvalue weighted by atomic mass is 35.5. The molecular weight excluding hydrogens is 281 g/mol. The second kappa shape index (κ2) is 6.62. The molecule has 0 unspecified atom stereocenters. The zero-order valence-electron chi connectivity index (χ0n) is 11.9. The van der Waals surface area contributed by atoms with Gasteiger partial charge in [-0.3, -0.25) is 4.79 Å². The van der Waals surface area contributed by atoms with Crippen molar-refractivity contribution in [2.24, 2.45) is 5.41 Å². The van der Waals surface area contributed by atoms with E-state index in [0.717, 1.165) is 5.56 Å². The number of hydrogen-bond acceptors (Lipinski definition) is 1. The normalized spacial score (nSPS) is 11.7. The molecule has 0 aliphatic carbocycles. The molecule has 1 aromatic rings. The SMILES string of the molecule is CC(C)N(Cc1cccc(Cl)c1)C(=O)C(C)(C)CCl. The summed E-state index contributed by atoms with van der Waals surface area (Å²) in [6.07, 6.45) is 0. The smallest absolute Gasteiger partial charge is 0.229 e. The summed E-state index contributed by atoms with van der Waals surface area (Å²) in [4.78, 5) is 14.4. The van der Waals surface area contributed by atoms with Gasteiger partial charge in [-0.15, -0.1) is 11.6 Å². The fourth-order valence-corrected chi connectivity index (χ4v) is 2.09. The molecule has 1 aromatic carbocycles. The Morgan fingerprint density at radius 1 is 1.37 bits per heavy atom. The quantitative estimate of drug-likeness (QED) is 0.741. The molecule has 0 aliphatic heterocycles. The highest BCUT2D eigenvalue weighted by Gasteiger charge is 2.32. The first kappa shape index (κ1) is 16.3. The van der Waals surface area contributed by atoms with E-state index in [4.69, 9.17) is 23.2 Å². The maximum absolute atomic E-state index is 12.5. The molecule has 0 heterocycles. The number of alkyl halides is 1. The molecule has 4 heteroatoms. The van der Waals surface area contributed by atoms with E-state index in [1.807, 2.05) is 56.9 Å². The van der Waals surface area contributed by atoms with Crippen molar-refractivity contribution in [3.63, 3.8) is 0 Å². The predicted molar refractivity (Wildman–Crippen MR) is 81.6 cm³/mol. The van der Waals surface area contributed by atoms with Gasteiger partial charge in [-0.1, -0.05) is 23.7 Å². The van der Waals surface area contributed by atoms with Gasteiger partial charge in [0.1, 0.15) is 0 Å². The van der Waals surface area contributed by atoms with Gasteiger partial charge >= 0.3 is 0 Å². The molecule has 2 nitrogen and oxygen atoms in total. The maximum atomic E-state index is 12.5. The minimum Gasteiger partial charge on any atom is -0.335 e. The van der Waals surface area contributed by atoms with E-state index in [2.05, 4.69) is 0 Å². The molecule has 1 amide bonds. The van der Waals surface area contributed by atoms with Crippen molar-refractivity contribution in [3.8, 4) is 0 Å². The van der Waals surface area contributed by atoms with Crippen LogP contribution in [0.3, 0.4) is 0 Å². The molecule has 0 N–H and O–H groups in total. The van der Waals surface area contributed by atoms with Gasteiger partial charge in [0, 0.05) is 23.5 Å². The van der Waals surface area contributed by atoms with Crippen LogP contribution in [0, 0.1) is 5.41 Å². The van der Waals surface area contributed by atoms with Crippen molar-refractivity contribution in [2.45, 2.75) is 40.3 Å². The van der Waals surface area contributed by atoms with Crippen LogP contribution in [-0.2, 0) is 11.3 Å². The Kier molecular flexibility index (Phi) is 5.69. The number of rotatable bonds is 5. The summed E-state index contributed by atoms with van der Waals surface area (Å²) in [6, 6.07) is 7.71. The van der Waals surface area contributed by atoms with E-state index < -0.39 is 5.41 Å². The fourth-order valence-electron chi connectivity index (χ4n) is 1.77. The summed E-state index contributed by atoms with van der Waals surface area (Å²) in [7, 11) is 0. The average Bonchev–Trinajstić information content (AvgIpc) is 2.35. The van der Waals surface area contributed by atoms with Crippen LogP contribution in [0.2, 0.25) is 5.02 Å². The summed E-state index contributed by atoms with van der Waals surface area (Å²) < 4.78 is 0. The Balaban J connectivity index is 2.94. The first-order valence-electron chi connectivity index (χ1n) is 6.39. The monoisotopic (exact) mass is 301 g/mol. The molecule has 0 saturated carbocycles. The molecule has 19 heavy (non-hydrogen) atoms. The number of amides is 1. The second-order valence-electron chi connectivity index (χ2n) is 5.67. The van der Waals surface area contributed by atoms with Gasteiger partial charge in [0.2, 0.25) is 5.91 Å². The zero-order chi connectivity index (χ0) is 14.6. The van der Waals surface area contributed by atoms with E-state index >= 15 is 0 Å². The predicted octanol–water partition coefficient (Wildman–Crippen LogP) is 4.34. The third-order valence-corrected chi connectivity index (χ3v) is 3.94. The Morgan fingerprint density at radius 2 is 2.00 bits per heavy atom. The number of nitrogens with zero attached hydrogens (tertiary/aromatic N) is 1. The number of halogens is 2. The van der Waals surface area contributed by atoms with E-state index in [1.54, 1.807) is 0 Å². The molecule has 0 spiro atoms. The van der Waals surface area contributed by atoms with Crippen molar-refractivity contribution in [3.05, 3.63) is 34.9 Å². The summed E-state index contributed by atoms with van der Waals surface area (Å²) in [5.74, 6) is 0.377. The number of carbonyl (C=O) groups is 1. The lowest BCUT2D eigenvalue weighted by atomic mass is 9.93. The van der Waals surface area contributed by atoms with Crippen molar-refractivity contribution >= 4 is 29.1 Å². The van der Waals surface area contributed by atoms with Crippen LogP contribution in [0.15, 0.2) is 24.3 Å². The minimum atomic E-state index is -0.551. The van der Waals surface area contributed by atoms with Crippen molar-refractivity contribution in [1.29, 1.82) is 0 Å². The topological polar surface area (TPSA) is 20.3 Å². The highest BCUT2D eigenvalue weighted by molar-refractivity contribution is 6.30. The van der Waals surface area contributed by atoms with Gasteiger partial charge in [0.05, 0.1) is 5.41 Å². The summed E-state index contributed by atoms with van der Waals surface area (Å²) >= 11 is 11.9. The Morgan fingerprint density at radius 3 is 2.47 bits per heavy atom. The van der Waals surface area contributed by atoms with Gasteiger partial charge in [0.25, 0.3) is 0 Å². The van der Waals surface area contributed by atoms with Gasteiger partial charge in [-0.25, -0.2) is 0 Å². The Labute approximate surface area is 125 Å². The van der Waals surface area contributed by atoms with E-state index in [1.165, 1.54) is 0 Å². The van der Waals surface area contributed by atoms with E-state index in [-0.39, 0.29) is 11.9 Å². The molecule has 0 radical (unpaired) electrons. The molecule has 106 valence electrons. The molecule has 0 aliphatic rings. The molecule has 0 fully saturated rings. The van der Waals surface area contributed by atoms with Crippen LogP contribution >= 0.6 is 23.2 Å². The summed E-state index contributed by atoms with van der Waals surface area (Å²) in [5, 5.41) is 0.685. The average molecular weight is 302 g/mol. The molecular formula is C15H21Cl2NO. The molecule has 1 rings (SSSR count). The van der Waals surface area contributed by atoms with Crippen molar-refractivity contribution < 1.29 is 4.79 Å². The third-order valence-electron chi connectivity index (χ3n) is 3.04. The molecule has 0 saturated heterocycles. The molecule has 0 aromatic heterocycles. The minimum absolute atomic E-state index is 0.0671. The van der Waals surface area contributed by atoms with Crippen LogP contribution in [0.25, 0.3) is 0 Å². The Bertz CT molecular complexity index is 444. The lowest BCUT2D eigenvalue weighted by Gasteiger charge is -2.33. The first-order valence-corrected chi connectivity index (χ1v) is 7.30. The number of benzene rings is 1. The molecule has 0 atom stereocenters. The lowest BCUT2D eigenvalue weighted by molar-refractivity contribution is -0.141. The van der Waals surface area contributed by atoms with Gasteiger partial charge in [-0.05, 0) is 45.4 Å². The van der Waals surface area contributed by atoms with Crippen LogP contribution < -0.4 is 0 Å². The summed E-state index contributed by atoms with van der Waals surface area (Å²) in [5.41, 5.74) is 0.477. The fraction of sp³-hybridized carbons (Fsp3) is 0.533. The largest absolute Gasteiger partial charge is 0.335 e. The van der Waals surface area contributed by atoms with Crippen LogP contribution in [0.1, 0.15) is 33.3 Å². The Hall–Kier alpha value is -0.730. The number of hydrogen-bond donors (Lipinski definition) is 0. The van der Waals surface area contributed by atoms with Crippen molar-refractivity contribution in [2.75, 3.05) is 5.88 Å². The third kappa shape index (κ3) is 4.39. The van der Waals surface area contributed by atoms with Crippen LogP contribution in [0.4, 0.5) is 0 Å². The summed E-state index contributed by atoms with van der Waals surface area (Å²) in [6.45, 7) is 8.31. The van der Waals surface area contributed by atoms with E-state index in [0.29, 0.717) is 17.4 Å².